The summed E-state index contributed by atoms with van der Waals surface area (Å²) in [5.74, 6) is 2.04. The van der Waals surface area contributed by atoms with Crippen LogP contribution in [0.5, 0.6) is 11.5 Å². The Labute approximate surface area is 198 Å². The number of methoxy groups -OCH3 is 1. The topological polar surface area (TPSA) is 104 Å². The van der Waals surface area contributed by atoms with Crippen molar-refractivity contribution >= 4 is 6.16 Å². The fraction of sp³-hybridized carbons (Fsp3) is 0.500. The number of hydrogen-bond acceptors (Lipinski definition) is 8. The predicted molar refractivity (Wildman–Crippen MR) is 121 cm³/mol. The van der Waals surface area contributed by atoms with E-state index in [1.807, 2.05) is 24.3 Å². The summed E-state index contributed by atoms with van der Waals surface area (Å²) < 4.78 is 27.4. The zero-order valence-corrected chi connectivity index (χ0v) is 19.3. The number of aliphatic hydroxyl groups is 2. The van der Waals surface area contributed by atoms with Crippen LogP contribution in [0.25, 0.3) is 0 Å². The maximum atomic E-state index is 11.9. The molecule has 5 rings (SSSR count). The molecule has 1 saturated heterocycles. The van der Waals surface area contributed by atoms with Gasteiger partial charge < -0.3 is 33.9 Å². The molecule has 5 atom stereocenters. The van der Waals surface area contributed by atoms with E-state index in [1.54, 1.807) is 6.92 Å². The van der Waals surface area contributed by atoms with Gasteiger partial charge in [-0.1, -0.05) is 24.3 Å². The summed E-state index contributed by atoms with van der Waals surface area (Å²) >= 11 is 0. The van der Waals surface area contributed by atoms with Crippen molar-refractivity contribution in [1.29, 1.82) is 0 Å². The number of aliphatic hydroxyl groups excluding tert-OH is 2. The molecule has 2 aromatic carbocycles. The molecule has 182 valence electrons. The van der Waals surface area contributed by atoms with E-state index in [1.165, 1.54) is 12.7 Å². The maximum Gasteiger partial charge on any atom is 0.508 e. The lowest BCUT2D eigenvalue weighted by Crippen LogP contribution is -2.54. The molecule has 8 nitrogen and oxygen atoms in total. The quantitative estimate of drug-likeness (QED) is 0.642. The van der Waals surface area contributed by atoms with Crippen LogP contribution in [0.3, 0.4) is 0 Å². The SMILES string of the molecule is COC(=O)O[C@@H]1[C@H](O)[C@H](O)[C@@H](C)O[C@H]1c1ccc(C2CC2)c(Cc2ccc3c(c2)OCCO3)c1. The molecule has 1 saturated carbocycles. The van der Waals surface area contributed by atoms with Gasteiger partial charge in [-0.15, -0.1) is 0 Å². The Morgan fingerprint density at radius 2 is 1.79 bits per heavy atom. The zero-order valence-electron chi connectivity index (χ0n) is 19.3. The molecule has 2 aromatic rings. The van der Waals surface area contributed by atoms with Crippen LogP contribution < -0.4 is 9.47 Å². The van der Waals surface area contributed by atoms with E-state index in [2.05, 4.69) is 16.9 Å². The van der Waals surface area contributed by atoms with Gasteiger partial charge in [0.15, 0.2) is 17.6 Å². The molecule has 0 radical (unpaired) electrons. The number of carbonyl (C=O) groups is 1. The Bertz CT molecular complexity index is 1050. The van der Waals surface area contributed by atoms with Gasteiger partial charge in [0.1, 0.15) is 31.5 Å². The first-order chi connectivity index (χ1) is 16.4. The van der Waals surface area contributed by atoms with Gasteiger partial charge >= 0.3 is 6.16 Å². The molecular weight excluding hydrogens is 440 g/mol. The van der Waals surface area contributed by atoms with Gasteiger partial charge in [0.25, 0.3) is 0 Å². The molecule has 3 aliphatic rings. The predicted octanol–water partition coefficient (Wildman–Crippen LogP) is 3.26. The van der Waals surface area contributed by atoms with Crippen molar-refractivity contribution in [3.05, 3.63) is 58.7 Å². The lowest BCUT2D eigenvalue weighted by Gasteiger charge is -2.41. The Morgan fingerprint density at radius 1 is 1.03 bits per heavy atom. The molecule has 34 heavy (non-hydrogen) atoms. The van der Waals surface area contributed by atoms with Crippen molar-refractivity contribution in [3.63, 3.8) is 0 Å². The second kappa shape index (κ2) is 9.44. The highest BCUT2D eigenvalue weighted by Crippen LogP contribution is 2.44. The van der Waals surface area contributed by atoms with Crippen molar-refractivity contribution in [1.82, 2.24) is 0 Å². The van der Waals surface area contributed by atoms with E-state index in [-0.39, 0.29) is 0 Å². The molecule has 2 N–H and O–H groups in total. The summed E-state index contributed by atoms with van der Waals surface area (Å²) in [5, 5.41) is 21.0. The van der Waals surface area contributed by atoms with Gasteiger partial charge in [-0.05, 0) is 66.5 Å². The van der Waals surface area contributed by atoms with Gasteiger partial charge in [0.05, 0.1) is 13.2 Å². The molecule has 8 heteroatoms. The first-order valence-corrected chi connectivity index (χ1v) is 11.7. The number of fused-ring (bicyclic) bond motifs is 1. The van der Waals surface area contributed by atoms with Gasteiger partial charge in [0, 0.05) is 0 Å². The van der Waals surface area contributed by atoms with Gasteiger partial charge in [-0.25, -0.2) is 4.79 Å². The fourth-order valence-corrected chi connectivity index (χ4v) is 4.77. The normalized spacial score (nSPS) is 28.3. The van der Waals surface area contributed by atoms with E-state index in [0.717, 1.165) is 41.0 Å². The Kier molecular flexibility index (Phi) is 6.38. The summed E-state index contributed by atoms with van der Waals surface area (Å²) in [6.45, 7) is 2.77. The van der Waals surface area contributed by atoms with Gasteiger partial charge in [-0.3, -0.25) is 0 Å². The highest BCUT2D eigenvalue weighted by molar-refractivity contribution is 5.60. The van der Waals surface area contributed by atoms with E-state index < -0.39 is 36.7 Å². The van der Waals surface area contributed by atoms with Crippen LogP contribution in [0.1, 0.15) is 54.0 Å². The van der Waals surface area contributed by atoms with E-state index in [4.69, 9.17) is 18.9 Å². The summed E-state index contributed by atoms with van der Waals surface area (Å²) in [6.07, 6.45) is -2.93. The average Bonchev–Trinajstić information content (AvgIpc) is 3.69. The number of ether oxygens (including phenoxy) is 5. The number of benzene rings is 2. The third-order valence-corrected chi connectivity index (χ3v) is 6.74. The van der Waals surface area contributed by atoms with Crippen molar-refractivity contribution in [2.45, 2.75) is 62.6 Å². The molecule has 1 aliphatic carbocycles. The number of hydrogen-bond donors (Lipinski definition) is 2. The maximum absolute atomic E-state index is 11.9. The van der Waals surface area contributed by atoms with Crippen molar-refractivity contribution in [3.8, 4) is 11.5 Å². The van der Waals surface area contributed by atoms with E-state index >= 15 is 0 Å². The third-order valence-electron chi connectivity index (χ3n) is 6.74. The molecule has 0 amide bonds. The monoisotopic (exact) mass is 470 g/mol. The van der Waals surface area contributed by atoms with Gasteiger partial charge in [-0.2, -0.15) is 0 Å². The molecule has 0 spiro atoms. The zero-order chi connectivity index (χ0) is 23.8. The standard InChI is InChI=1S/C26H30O8/c1-14-22(27)23(28)25(34-26(29)30-2)24(33-14)17-6-7-19(16-4-5-16)18(13-17)11-15-3-8-20-21(12-15)32-10-9-31-20/h3,6-8,12-14,16,22-25,27-28H,4-5,9-11H2,1-2H3/t14-,22-,23-,24+,25-/m1/s1. The van der Waals surface area contributed by atoms with Crippen molar-refractivity contribution in [2.75, 3.05) is 20.3 Å². The molecular formula is C26H30O8. The minimum absolute atomic E-state index is 0.530. The summed E-state index contributed by atoms with van der Waals surface area (Å²) in [4.78, 5) is 11.9. The Balaban J connectivity index is 1.47. The van der Waals surface area contributed by atoms with E-state index in [0.29, 0.717) is 25.6 Å². The lowest BCUT2D eigenvalue weighted by atomic mass is 9.88. The highest BCUT2D eigenvalue weighted by atomic mass is 16.7. The third kappa shape index (κ3) is 4.58. The summed E-state index contributed by atoms with van der Waals surface area (Å²) in [7, 11) is 1.20. The van der Waals surface area contributed by atoms with Crippen LogP contribution in [-0.4, -0.2) is 61.1 Å². The minimum atomic E-state index is -1.31. The fourth-order valence-electron chi connectivity index (χ4n) is 4.77. The molecule has 0 bridgehead atoms. The molecule has 2 fully saturated rings. The highest BCUT2D eigenvalue weighted by Gasteiger charge is 2.46. The smallest absolute Gasteiger partial charge is 0.486 e. The van der Waals surface area contributed by atoms with Crippen LogP contribution in [0.4, 0.5) is 4.79 Å². The van der Waals surface area contributed by atoms with Crippen LogP contribution in [0.15, 0.2) is 36.4 Å². The first-order valence-electron chi connectivity index (χ1n) is 11.7. The van der Waals surface area contributed by atoms with Crippen LogP contribution >= 0.6 is 0 Å². The molecule has 2 aliphatic heterocycles. The molecule has 2 heterocycles. The van der Waals surface area contributed by atoms with E-state index in [9.17, 15) is 15.0 Å². The Morgan fingerprint density at radius 3 is 2.53 bits per heavy atom. The lowest BCUT2D eigenvalue weighted by molar-refractivity contribution is -0.222. The molecule has 0 aromatic heterocycles. The summed E-state index contributed by atoms with van der Waals surface area (Å²) in [5.41, 5.74) is 4.29. The number of carbonyl (C=O) groups excluding carboxylic acids is 1. The van der Waals surface area contributed by atoms with Crippen LogP contribution in [-0.2, 0) is 20.6 Å². The van der Waals surface area contributed by atoms with Crippen LogP contribution in [0.2, 0.25) is 0 Å². The second-order valence-corrected chi connectivity index (χ2v) is 9.17. The largest absolute Gasteiger partial charge is 0.508 e. The van der Waals surface area contributed by atoms with Crippen molar-refractivity contribution in [2.24, 2.45) is 0 Å². The van der Waals surface area contributed by atoms with Crippen molar-refractivity contribution < 1.29 is 38.7 Å². The molecule has 0 unspecified atom stereocenters. The summed E-state index contributed by atoms with van der Waals surface area (Å²) in [6, 6.07) is 12.1. The Hall–Kier alpha value is -2.81. The van der Waals surface area contributed by atoms with Crippen LogP contribution in [0, 0.1) is 0 Å². The van der Waals surface area contributed by atoms with Gasteiger partial charge in [0.2, 0.25) is 0 Å². The minimum Gasteiger partial charge on any atom is -0.486 e. The first kappa shape index (κ1) is 23.0. The average molecular weight is 471 g/mol. The second-order valence-electron chi connectivity index (χ2n) is 9.17. The number of rotatable bonds is 5.